The van der Waals surface area contributed by atoms with Crippen LogP contribution in [0.2, 0.25) is 0 Å². The van der Waals surface area contributed by atoms with Crippen molar-refractivity contribution in [3.8, 4) is 56.4 Å². The Kier molecular flexibility index (Phi) is 7.90. The van der Waals surface area contributed by atoms with E-state index >= 15 is 0 Å². The van der Waals surface area contributed by atoms with Crippen LogP contribution in [-0.4, -0.2) is 19.1 Å². The molecule has 0 aliphatic heterocycles. The van der Waals surface area contributed by atoms with Crippen LogP contribution in [0, 0.1) is 13.8 Å². The van der Waals surface area contributed by atoms with Gasteiger partial charge in [0.1, 0.15) is 0 Å². The second-order valence-electron chi connectivity index (χ2n) is 15.1. The molecule has 0 saturated carbocycles. The fourth-order valence-corrected chi connectivity index (χ4v) is 8.83. The Morgan fingerprint density at radius 2 is 0.793 bits per heavy atom. The number of hydrogen-bond donors (Lipinski definition) is 0. The monoisotopic (exact) mass is 742 g/mol. The van der Waals surface area contributed by atoms with Crippen LogP contribution in [0.5, 0.6) is 0 Å². The van der Waals surface area contributed by atoms with Crippen LogP contribution in [0.15, 0.2) is 194 Å². The molecule has 4 nitrogen and oxygen atoms in total. The summed E-state index contributed by atoms with van der Waals surface area (Å²) >= 11 is 0. The topological polar surface area (TPSA) is 35.6 Å². The third kappa shape index (κ3) is 5.53. The van der Waals surface area contributed by atoms with E-state index in [0.717, 1.165) is 45.3 Å². The second-order valence-corrected chi connectivity index (χ2v) is 15.1. The van der Waals surface area contributed by atoms with Crippen LogP contribution >= 0.6 is 0 Å². The Morgan fingerprint density at radius 3 is 1.43 bits per heavy atom. The summed E-state index contributed by atoms with van der Waals surface area (Å²) in [5, 5.41) is 5.01. The van der Waals surface area contributed by atoms with E-state index in [1.165, 1.54) is 65.9 Å². The van der Waals surface area contributed by atoms with Gasteiger partial charge < -0.3 is 9.13 Å². The number of para-hydroxylation sites is 3. The molecule has 0 aliphatic carbocycles. The summed E-state index contributed by atoms with van der Waals surface area (Å²) in [7, 11) is 0. The predicted molar refractivity (Wildman–Crippen MR) is 242 cm³/mol. The number of nitrogens with zero attached hydrogens (tertiary/aromatic N) is 4. The lowest BCUT2D eigenvalue weighted by Gasteiger charge is -2.15. The van der Waals surface area contributed by atoms with Gasteiger partial charge in [0.15, 0.2) is 5.82 Å². The van der Waals surface area contributed by atoms with Crippen molar-refractivity contribution in [2.75, 3.05) is 0 Å². The van der Waals surface area contributed by atoms with Crippen LogP contribution in [0.3, 0.4) is 0 Å². The molecule has 3 heterocycles. The van der Waals surface area contributed by atoms with E-state index in [4.69, 9.17) is 9.97 Å². The minimum absolute atomic E-state index is 0.724. The molecule has 11 aromatic rings. The lowest BCUT2D eigenvalue weighted by Crippen LogP contribution is -1.98. The number of hydrogen-bond acceptors (Lipinski definition) is 2. The van der Waals surface area contributed by atoms with Gasteiger partial charge in [-0.15, -0.1) is 0 Å². The summed E-state index contributed by atoms with van der Waals surface area (Å²) in [5.41, 5.74) is 16.9. The summed E-state index contributed by atoms with van der Waals surface area (Å²) in [5.74, 6) is 0.724. The molecule has 274 valence electrons. The Hall–Kier alpha value is -7.56. The van der Waals surface area contributed by atoms with E-state index in [9.17, 15) is 0 Å². The van der Waals surface area contributed by atoms with Crippen LogP contribution < -0.4 is 0 Å². The molecular formula is C54H38N4. The molecule has 0 unspecified atom stereocenters. The van der Waals surface area contributed by atoms with Gasteiger partial charge in [-0.05, 0) is 96.8 Å². The van der Waals surface area contributed by atoms with Crippen LogP contribution in [-0.2, 0) is 0 Å². The van der Waals surface area contributed by atoms with Gasteiger partial charge in [-0.2, -0.15) is 0 Å². The summed E-state index contributed by atoms with van der Waals surface area (Å²) in [6, 6.07) is 69.4. The van der Waals surface area contributed by atoms with Gasteiger partial charge in [-0.1, -0.05) is 133 Å². The van der Waals surface area contributed by atoms with Gasteiger partial charge >= 0.3 is 0 Å². The zero-order valence-corrected chi connectivity index (χ0v) is 32.3. The highest BCUT2D eigenvalue weighted by atomic mass is 15.0. The van der Waals surface area contributed by atoms with Gasteiger partial charge in [0.2, 0.25) is 0 Å². The van der Waals surface area contributed by atoms with Crippen molar-refractivity contribution in [3.05, 3.63) is 205 Å². The average Bonchev–Trinajstić information content (AvgIpc) is 3.80. The van der Waals surface area contributed by atoms with E-state index in [2.05, 4.69) is 193 Å². The van der Waals surface area contributed by atoms with Crippen molar-refractivity contribution in [1.82, 2.24) is 19.1 Å². The normalized spacial score (nSPS) is 11.6. The van der Waals surface area contributed by atoms with Crippen molar-refractivity contribution in [3.63, 3.8) is 0 Å². The molecule has 0 spiro atoms. The third-order valence-corrected chi connectivity index (χ3v) is 11.6. The summed E-state index contributed by atoms with van der Waals surface area (Å²) < 4.78 is 4.80. The van der Waals surface area contributed by atoms with E-state index in [0.29, 0.717) is 0 Å². The molecule has 0 atom stereocenters. The van der Waals surface area contributed by atoms with Crippen LogP contribution in [0.4, 0.5) is 0 Å². The molecular weight excluding hydrogens is 705 g/mol. The van der Waals surface area contributed by atoms with Gasteiger partial charge in [0.05, 0.1) is 33.5 Å². The van der Waals surface area contributed by atoms with Crippen LogP contribution in [0.1, 0.15) is 11.1 Å². The maximum Gasteiger partial charge on any atom is 0.160 e. The minimum atomic E-state index is 0.724. The van der Waals surface area contributed by atoms with E-state index in [-0.39, 0.29) is 0 Å². The molecule has 4 heteroatoms. The lowest BCUT2D eigenvalue weighted by molar-refractivity contribution is 1.16. The van der Waals surface area contributed by atoms with E-state index in [1.54, 1.807) is 0 Å². The Morgan fingerprint density at radius 1 is 0.328 bits per heavy atom. The fraction of sp³-hybridized carbons (Fsp3) is 0.0370. The Labute approximate surface area is 337 Å². The number of rotatable bonds is 6. The average molecular weight is 743 g/mol. The first-order valence-electron chi connectivity index (χ1n) is 19.8. The molecule has 8 aromatic carbocycles. The van der Waals surface area contributed by atoms with Gasteiger partial charge in [0, 0.05) is 49.6 Å². The standard InChI is InChI=1S/C54H38N4/c1-35-32-46(49-34-48(38-15-5-3-6-16-38)55-54(56-49)39-17-7-4-8-18-39)36(2)31-45(35)37-25-27-40(28-26-37)57-52-24-14-11-21-44(52)47-33-41(29-30-53(47)57)58-50-22-12-9-19-42(50)43-20-10-13-23-51(43)58/h3-34H,1-2H3. The van der Waals surface area contributed by atoms with Crippen molar-refractivity contribution >= 4 is 43.6 Å². The summed E-state index contributed by atoms with van der Waals surface area (Å²) in [4.78, 5) is 10.1. The van der Waals surface area contributed by atoms with E-state index in [1.807, 2.05) is 24.3 Å². The minimum Gasteiger partial charge on any atom is -0.309 e. The molecule has 58 heavy (non-hydrogen) atoms. The van der Waals surface area contributed by atoms with E-state index < -0.39 is 0 Å². The van der Waals surface area contributed by atoms with Gasteiger partial charge in [-0.3, -0.25) is 0 Å². The summed E-state index contributed by atoms with van der Waals surface area (Å²) in [6.07, 6.45) is 0. The maximum atomic E-state index is 5.12. The zero-order valence-electron chi connectivity index (χ0n) is 32.3. The van der Waals surface area contributed by atoms with Crippen LogP contribution in [0.25, 0.3) is 100 Å². The van der Waals surface area contributed by atoms with Crippen molar-refractivity contribution in [2.24, 2.45) is 0 Å². The highest BCUT2D eigenvalue weighted by Gasteiger charge is 2.18. The maximum absolute atomic E-state index is 5.12. The molecule has 0 saturated heterocycles. The highest BCUT2D eigenvalue weighted by Crippen LogP contribution is 2.38. The molecule has 0 aliphatic rings. The highest BCUT2D eigenvalue weighted by molar-refractivity contribution is 6.12. The predicted octanol–water partition coefficient (Wildman–Crippen LogP) is 14.0. The fourth-order valence-electron chi connectivity index (χ4n) is 8.83. The largest absolute Gasteiger partial charge is 0.309 e. The Balaban J connectivity index is 0.982. The number of aryl methyl sites for hydroxylation is 2. The first-order valence-corrected chi connectivity index (χ1v) is 19.8. The quantitative estimate of drug-likeness (QED) is 0.170. The zero-order chi connectivity index (χ0) is 38.7. The smallest absolute Gasteiger partial charge is 0.160 e. The molecule has 0 N–H and O–H groups in total. The first kappa shape index (κ1) is 33.8. The number of aromatic nitrogens is 4. The lowest BCUT2D eigenvalue weighted by atomic mass is 9.93. The molecule has 0 bridgehead atoms. The molecule has 3 aromatic heterocycles. The third-order valence-electron chi connectivity index (χ3n) is 11.6. The Bertz CT molecular complexity index is 3230. The van der Waals surface area contributed by atoms with Crippen molar-refractivity contribution in [2.45, 2.75) is 13.8 Å². The molecule has 0 radical (unpaired) electrons. The van der Waals surface area contributed by atoms with Crippen molar-refractivity contribution in [1.29, 1.82) is 0 Å². The first-order chi connectivity index (χ1) is 28.6. The van der Waals surface area contributed by atoms with Gasteiger partial charge in [0.25, 0.3) is 0 Å². The summed E-state index contributed by atoms with van der Waals surface area (Å²) in [6.45, 7) is 4.39. The SMILES string of the molecule is Cc1cc(-c2cc(-c3ccccc3)nc(-c3ccccc3)n2)c(C)cc1-c1ccc(-n2c3ccccc3c3cc(-n4c5ccccc5c5ccccc54)ccc32)cc1. The molecule has 0 amide bonds. The molecule has 11 rings (SSSR count). The van der Waals surface area contributed by atoms with Gasteiger partial charge in [-0.25, -0.2) is 9.97 Å². The number of benzene rings is 8. The molecule has 0 fully saturated rings. The van der Waals surface area contributed by atoms with Crippen molar-refractivity contribution < 1.29 is 0 Å². The number of fused-ring (bicyclic) bond motifs is 6. The second kappa shape index (κ2) is 13.6.